The van der Waals surface area contributed by atoms with Gasteiger partial charge < -0.3 is 19.1 Å². The molecule has 26 heavy (non-hydrogen) atoms. The number of methoxy groups -OCH3 is 1. The molecule has 0 aliphatic heterocycles. The number of carbonyl (C=O) groups excluding carboxylic acids is 1. The molecule has 0 saturated carbocycles. The number of imidazole rings is 1. The normalized spacial score (nSPS) is 10.7. The second-order valence-electron chi connectivity index (χ2n) is 5.80. The van der Waals surface area contributed by atoms with Gasteiger partial charge in [0.2, 0.25) is 11.8 Å². The number of aromatic nitrogens is 4. The van der Waals surface area contributed by atoms with Crippen LogP contribution >= 0.6 is 0 Å². The highest BCUT2D eigenvalue weighted by molar-refractivity contribution is 5.93. The fourth-order valence-corrected chi connectivity index (χ4v) is 2.59. The molecule has 1 N–H and O–H groups in total. The number of anilines is 1. The topological polar surface area (TPSA) is 95.1 Å². The highest BCUT2D eigenvalue weighted by Gasteiger charge is 2.13. The fraction of sp³-hybridized carbons (Fsp3) is 0.333. The molecular weight excluding hydrogens is 334 g/mol. The van der Waals surface area contributed by atoms with Gasteiger partial charge in [-0.1, -0.05) is 17.3 Å². The first-order valence-corrected chi connectivity index (χ1v) is 8.38. The molecule has 136 valence electrons. The first-order chi connectivity index (χ1) is 12.7. The summed E-state index contributed by atoms with van der Waals surface area (Å²) in [5.74, 6) is 2.25. The van der Waals surface area contributed by atoms with Crippen LogP contribution in [-0.4, -0.2) is 32.7 Å². The van der Waals surface area contributed by atoms with Crippen LogP contribution in [0.5, 0.6) is 5.75 Å². The molecule has 0 aliphatic rings. The molecule has 8 heteroatoms. The van der Waals surface area contributed by atoms with Crippen molar-refractivity contribution in [1.82, 2.24) is 19.7 Å². The standard InChI is InChI=1S/C18H21N5O3/c1-13-19-9-11-23(13)10-5-8-18-21-16(22-26-18)12-17(24)20-14-6-3-4-7-15(14)25-2/h3-4,6-7,9,11H,5,8,10,12H2,1-2H3,(H,20,24). The van der Waals surface area contributed by atoms with Crippen molar-refractivity contribution in [3.8, 4) is 5.75 Å². The Morgan fingerprint density at radius 3 is 2.96 bits per heavy atom. The molecule has 0 atom stereocenters. The second-order valence-corrected chi connectivity index (χ2v) is 5.80. The molecule has 2 heterocycles. The van der Waals surface area contributed by atoms with Gasteiger partial charge >= 0.3 is 0 Å². The minimum Gasteiger partial charge on any atom is -0.495 e. The highest BCUT2D eigenvalue weighted by atomic mass is 16.5. The van der Waals surface area contributed by atoms with Crippen LogP contribution in [0.15, 0.2) is 41.2 Å². The Morgan fingerprint density at radius 2 is 2.19 bits per heavy atom. The first-order valence-electron chi connectivity index (χ1n) is 8.38. The van der Waals surface area contributed by atoms with Crippen molar-refractivity contribution in [2.24, 2.45) is 0 Å². The van der Waals surface area contributed by atoms with Crippen LogP contribution in [0, 0.1) is 6.92 Å². The Hall–Kier alpha value is -3.16. The lowest BCUT2D eigenvalue weighted by molar-refractivity contribution is -0.115. The molecule has 3 aromatic rings. The second kappa shape index (κ2) is 8.28. The van der Waals surface area contributed by atoms with Crippen LogP contribution < -0.4 is 10.1 Å². The summed E-state index contributed by atoms with van der Waals surface area (Å²) in [6.07, 6.45) is 5.27. The number of amides is 1. The zero-order valence-electron chi connectivity index (χ0n) is 14.8. The largest absolute Gasteiger partial charge is 0.495 e. The molecule has 0 saturated heterocycles. The van der Waals surface area contributed by atoms with Gasteiger partial charge in [0, 0.05) is 25.4 Å². The lowest BCUT2D eigenvalue weighted by Crippen LogP contribution is -2.15. The lowest BCUT2D eigenvalue weighted by atomic mass is 10.2. The van der Waals surface area contributed by atoms with Crippen LogP contribution in [0.2, 0.25) is 0 Å². The summed E-state index contributed by atoms with van der Waals surface area (Å²) in [7, 11) is 1.56. The smallest absolute Gasteiger partial charge is 0.232 e. The van der Waals surface area contributed by atoms with Gasteiger partial charge in [-0.15, -0.1) is 0 Å². The summed E-state index contributed by atoms with van der Waals surface area (Å²) in [6, 6.07) is 7.22. The minimum atomic E-state index is -0.226. The van der Waals surface area contributed by atoms with Gasteiger partial charge in [-0.25, -0.2) is 4.98 Å². The van der Waals surface area contributed by atoms with Crippen molar-refractivity contribution < 1.29 is 14.1 Å². The third-order valence-electron chi connectivity index (χ3n) is 3.92. The van der Waals surface area contributed by atoms with Crippen LogP contribution in [0.4, 0.5) is 5.69 Å². The first kappa shape index (κ1) is 17.7. The molecule has 1 aromatic carbocycles. The summed E-state index contributed by atoms with van der Waals surface area (Å²) in [5.41, 5.74) is 0.611. The Bertz CT molecular complexity index is 871. The molecule has 8 nitrogen and oxygen atoms in total. The molecule has 2 aromatic heterocycles. The SMILES string of the molecule is COc1ccccc1NC(=O)Cc1noc(CCCn2ccnc2C)n1. The number of aryl methyl sites for hydroxylation is 3. The van der Waals surface area contributed by atoms with Crippen molar-refractivity contribution in [1.29, 1.82) is 0 Å². The van der Waals surface area contributed by atoms with Gasteiger partial charge in [0.15, 0.2) is 5.82 Å². The zero-order valence-corrected chi connectivity index (χ0v) is 14.8. The Labute approximate surface area is 151 Å². The van der Waals surface area contributed by atoms with E-state index in [2.05, 4.69) is 25.0 Å². The third-order valence-corrected chi connectivity index (χ3v) is 3.92. The summed E-state index contributed by atoms with van der Waals surface area (Å²) < 4.78 is 12.5. The van der Waals surface area contributed by atoms with Crippen molar-refractivity contribution in [3.05, 3.63) is 54.2 Å². The number of hydrogen-bond acceptors (Lipinski definition) is 6. The summed E-state index contributed by atoms with van der Waals surface area (Å²) in [4.78, 5) is 20.6. The highest BCUT2D eigenvalue weighted by Crippen LogP contribution is 2.23. The maximum absolute atomic E-state index is 12.2. The van der Waals surface area contributed by atoms with E-state index in [1.54, 1.807) is 25.4 Å². The number of nitrogens with one attached hydrogen (secondary N) is 1. The summed E-state index contributed by atoms with van der Waals surface area (Å²) in [6.45, 7) is 2.79. The van der Waals surface area contributed by atoms with Gasteiger partial charge in [0.25, 0.3) is 0 Å². The number of nitrogens with zero attached hydrogens (tertiary/aromatic N) is 4. The van der Waals surface area contributed by atoms with Crippen molar-refractivity contribution in [2.75, 3.05) is 12.4 Å². The summed E-state index contributed by atoms with van der Waals surface area (Å²) >= 11 is 0. The Balaban J connectivity index is 1.50. The van der Waals surface area contributed by atoms with Gasteiger partial charge in [-0.2, -0.15) is 4.98 Å². The fourth-order valence-electron chi connectivity index (χ4n) is 2.59. The van der Waals surface area contributed by atoms with Crippen LogP contribution in [0.25, 0.3) is 0 Å². The van der Waals surface area contributed by atoms with Crippen LogP contribution in [0.1, 0.15) is 24.0 Å². The van der Waals surface area contributed by atoms with Gasteiger partial charge in [0.1, 0.15) is 11.6 Å². The molecule has 0 unspecified atom stereocenters. The van der Waals surface area contributed by atoms with Gasteiger partial charge in [-0.3, -0.25) is 4.79 Å². The van der Waals surface area contributed by atoms with E-state index in [9.17, 15) is 4.79 Å². The van der Waals surface area contributed by atoms with Crippen LogP contribution in [-0.2, 0) is 24.2 Å². The van der Waals surface area contributed by atoms with Crippen molar-refractivity contribution in [2.45, 2.75) is 32.7 Å². The number of ether oxygens (including phenoxy) is 1. The van der Waals surface area contributed by atoms with E-state index in [1.807, 2.05) is 25.3 Å². The molecule has 1 amide bonds. The van der Waals surface area contributed by atoms with Crippen molar-refractivity contribution in [3.63, 3.8) is 0 Å². The van der Waals surface area contributed by atoms with Gasteiger partial charge in [-0.05, 0) is 25.5 Å². The van der Waals surface area contributed by atoms with E-state index < -0.39 is 0 Å². The molecule has 0 bridgehead atoms. The number of rotatable bonds is 8. The number of hydrogen-bond donors (Lipinski definition) is 1. The molecular formula is C18H21N5O3. The predicted molar refractivity (Wildman–Crippen MR) is 94.9 cm³/mol. The summed E-state index contributed by atoms with van der Waals surface area (Å²) in [5, 5.41) is 6.67. The number of carbonyl (C=O) groups is 1. The molecule has 3 rings (SSSR count). The molecule has 0 radical (unpaired) electrons. The van der Waals surface area contributed by atoms with E-state index in [0.717, 1.165) is 18.8 Å². The van der Waals surface area contributed by atoms with Crippen molar-refractivity contribution >= 4 is 11.6 Å². The molecule has 0 fully saturated rings. The van der Waals surface area contributed by atoms with E-state index in [1.165, 1.54) is 0 Å². The van der Waals surface area contributed by atoms with Crippen LogP contribution in [0.3, 0.4) is 0 Å². The minimum absolute atomic E-state index is 0.0438. The third kappa shape index (κ3) is 4.47. The van der Waals surface area contributed by atoms with Gasteiger partial charge in [0.05, 0.1) is 19.2 Å². The maximum atomic E-state index is 12.2. The lowest BCUT2D eigenvalue weighted by Gasteiger charge is -2.08. The van der Waals surface area contributed by atoms with E-state index in [4.69, 9.17) is 9.26 Å². The monoisotopic (exact) mass is 355 g/mol. The predicted octanol–water partition coefficient (Wildman–Crippen LogP) is 2.40. The Kier molecular flexibility index (Phi) is 5.62. The quantitative estimate of drug-likeness (QED) is 0.667. The zero-order chi connectivity index (χ0) is 18.4. The Morgan fingerprint density at radius 1 is 1.35 bits per heavy atom. The average Bonchev–Trinajstić information content (AvgIpc) is 3.24. The van der Waals surface area contributed by atoms with E-state index in [-0.39, 0.29) is 12.3 Å². The number of para-hydroxylation sites is 2. The maximum Gasteiger partial charge on any atom is 0.232 e. The van der Waals surface area contributed by atoms with E-state index >= 15 is 0 Å². The molecule has 0 aliphatic carbocycles. The van der Waals surface area contributed by atoms with E-state index in [0.29, 0.717) is 29.6 Å². The average molecular weight is 355 g/mol. The number of benzene rings is 1. The molecule has 0 spiro atoms.